The molecule has 1 aromatic carbocycles. The topological polar surface area (TPSA) is 52.0 Å². The Morgan fingerprint density at radius 2 is 2.33 bits per heavy atom. The molecule has 0 aliphatic carbocycles. The Hall–Kier alpha value is -1.88. The van der Waals surface area contributed by atoms with Crippen molar-refractivity contribution < 1.29 is 4.74 Å². The first-order valence-electron chi connectivity index (χ1n) is 6.12. The SMILES string of the molecule is Cn1nncc1COc1ccc2c(c1)CCNC2. The highest BCUT2D eigenvalue weighted by Gasteiger charge is 2.09. The highest BCUT2D eigenvalue weighted by Crippen LogP contribution is 2.21. The standard InChI is InChI=1S/C13H16N4O/c1-17-12(8-15-16-17)9-18-13-3-2-11-7-14-5-4-10(11)6-13/h2-3,6,8,14H,4-5,7,9H2,1H3. The fraction of sp³-hybridized carbons (Fsp3) is 0.385. The fourth-order valence-corrected chi connectivity index (χ4v) is 2.14. The number of ether oxygens (including phenoxy) is 1. The van der Waals surface area contributed by atoms with Gasteiger partial charge in [0, 0.05) is 13.6 Å². The zero-order chi connectivity index (χ0) is 12.4. The molecular weight excluding hydrogens is 228 g/mol. The number of fused-ring (bicyclic) bond motifs is 1. The number of hydrogen-bond donors (Lipinski definition) is 1. The number of nitrogens with one attached hydrogen (secondary N) is 1. The summed E-state index contributed by atoms with van der Waals surface area (Å²) in [6.45, 7) is 2.50. The average Bonchev–Trinajstić information content (AvgIpc) is 2.82. The summed E-state index contributed by atoms with van der Waals surface area (Å²) in [7, 11) is 1.87. The maximum Gasteiger partial charge on any atom is 0.132 e. The third-order valence-corrected chi connectivity index (χ3v) is 3.26. The first-order valence-corrected chi connectivity index (χ1v) is 6.12. The van der Waals surface area contributed by atoms with Gasteiger partial charge in [-0.05, 0) is 36.2 Å². The Labute approximate surface area is 106 Å². The molecule has 18 heavy (non-hydrogen) atoms. The van der Waals surface area contributed by atoms with E-state index in [9.17, 15) is 0 Å². The maximum absolute atomic E-state index is 5.78. The van der Waals surface area contributed by atoms with Crippen LogP contribution in [0.1, 0.15) is 16.8 Å². The van der Waals surface area contributed by atoms with Gasteiger partial charge in [0.2, 0.25) is 0 Å². The lowest BCUT2D eigenvalue weighted by atomic mass is 10.0. The van der Waals surface area contributed by atoms with Gasteiger partial charge in [-0.15, -0.1) is 5.10 Å². The predicted octanol–water partition coefficient (Wildman–Crippen LogP) is 1.04. The van der Waals surface area contributed by atoms with E-state index in [0.717, 1.165) is 31.0 Å². The Morgan fingerprint density at radius 3 is 3.17 bits per heavy atom. The van der Waals surface area contributed by atoms with Crippen molar-refractivity contribution in [1.29, 1.82) is 0 Å². The summed E-state index contributed by atoms with van der Waals surface area (Å²) in [5, 5.41) is 11.1. The number of benzene rings is 1. The van der Waals surface area contributed by atoms with Crippen LogP contribution < -0.4 is 10.1 Å². The summed E-state index contributed by atoms with van der Waals surface area (Å²) < 4.78 is 7.50. The number of aromatic nitrogens is 3. The van der Waals surface area contributed by atoms with Crippen molar-refractivity contribution in [2.24, 2.45) is 7.05 Å². The first kappa shape index (κ1) is 11.2. The van der Waals surface area contributed by atoms with Crippen molar-refractivity contribution >= 4 is 0 Å². The van der Waals surface area contributed by atoms with Crippen molar-refractivity contribution in [3.05, 3.63) is 41.2 Å². The van der Waals surface area contributed by atoms with Crippen LogP contribution in [0.2, 0.25) is 0 Å². The van der Waals surface area contributed by atoms with Gasteiger partial charge >= 0.3 is 0 Å². The molecule has 5 nitrogen and oxygen atoms in total. The number of rotatable bonds is 3. The molecule has 0 fully saturated rings. The molecule has 1 N–H and O–H groups in total. The quantitative estimate of drug-likeness (QED) is 0.876. The predicted molar refractivity (Wildman–Crippen MR) is 67.2 cm³/mol. The van der Waals surface area contributed by atoms with Crippen LogP contribution in [0.5, 0.6) is 5.75 Å². The molecular formula is C13H16N4O. The molecule has 0 unspecified atom stereocenters. The highest BCUT2D eigenvalue weighted by atomic mass is 16.5. The molecule has 0 atom stereocenters. The van der Waals surface area contributed by atoms with Crippen LogP contribution in [0, 0.1) is 0 Å². The van der Waals surface area contributed by atoms with Crippen LogP contribution in [0.4, 0.5) is 0 Å². The lowest BCUT2D eigenvalue weighted by molar-refractivity contribution is 0.294. The Bertz CT molecular complexity index is 550. The third kappa shape index (κ3) is 2.22. The zero-order valence-electron chi connectivity index (χ0n) is 10.4. The van der Waals surface area contributed by atoms with Crippen molar-refractivity contribution in [3.63, 3.8) is 0 Å². The van der Waals surface area contributed by atoms with Crippen molar-refractivity contribution in [3.8, 4) is 5.75 Å². The van der Waals surface area contributed by atoms with Crippen LogP contribution >= 0.6 is 0 Å². The minimum absolute atomic E-state index is 0.501. The Balaban J connectivity index is 1.71. The zero-order valence-corrected chi connectivity index (χ0v) is 10.4. The molecule has 0 radical (unpaired) electrons. The van der Waals surface area contributed by atoms with E-state index in [0.29, 0.717) is 6.61 Å². The second-order valence-corrected chi connectivity index (χ2v) is 4.49. The van der Waals surface area contributed by atoms with Gasteiger partial charge in [-0.2, -0.15) is 0 Å². The number of aryl methyl sites for hydroxylation is 1. The lowest BCUT2D eigenvalue weighted by Crippen LogP contribution is -2.23. The van der Waals surface area contributed by atoms with Gasteiger partial charge < -0.3 is 10.1 Å². The van der Waals surface area contributed by atoms with Crippen LogP contribution in [0.15, 0.2) is 24.4 Å². The molecule has 0 bridgehead atoms. The second kappa shape index (κ2) is 4.78. The van der Waals surface area contributed by atoms with Crippen molar-refractivity contribution in [2.75, 3.05) is 6.54 Å². The minimum atomic E-state index is 0.501. The molecule has 0 saturated carbocycles. The molecule has 0 saturated heterocycles. The average molecular weight is 244 g/mol. The molecule has 0 spiro atoms. The van der Waals surface area contributed by atoms with Gasteiger partial charge in [0.05, 0.1) is 11.9 Å². The van der Waals surface area contributed by atoms with E-state index in [1.54, 1.807) is 10.9 Å². The van der Waals surface area contributed by atoms with Gasteiger partial charge in [0.25, 0.3) is 0 Å². The van der Waals surface area contributed by atoms with E-state index in [1.165, 1.54) is 11.1 Å². The summed E-state index contributed by atoms with van der Waals surface area (Å²) in [6, 6.07) is 6.30. The van der Waals surface area contributed by atoms with E-state index in [-0.39, 0.29) is 0 Å². The van der Waals surface area contributed by atoms with E-state index in [1.807, 2.05) is 13.1 Å². The van der Waals surface area contributed by atoms with Crippen LogP contribution in [0.3, 0.4) is 0 Å². The minimum Gasteiger partial charge on any atom is -0.487 e. The van der Waals surface area contributed by atoms with E-state index in [2.05, 4.69) is 27.8 Å². The van der Waals surface area contributed by atoms with Gasteiger partial charge in [-0.25, -0.2) is 4.68 Å². The van der Waals surface area contributed by atoms with E-state index >= 15 is 0 Å². The summed E-state index contributed by atoms with van der Waals surface area (Å²) >= 11 is 0. The number of nitrogens with zero attached hydrogens (tertiary/aromatic N) is 3. The molecule has 2 aromatic rings. The maximum atomic E-state index is 5.78. The third-order valence-electron chi connectivity index (χ3n) is 3.26. The largest absolute Gasteiger partial charge is 0.487 e. The molecule has 0 amide bonds. The lowest BCUT2D eigenvalue weighted by Gasteiger charge is -2.17. The normalized spacial score (nSPS) is 14.3. The van der Waals surface area contributed by atoms with Crippen LogP contribution in [-0.2, 0) is 26.6 Å². The van der Waals surface area contributed by atoms with Gasteiger partial charge in [0.15, 0.2) is 0 Å². The van der Waals surface area contributed by atoms with Crippen molar-refractivity contribution in [1.82, 2.24) is 20.3 Å². The molecule has 1 aliphatic heterocycles. The molecule has 1 aromatic heterocycles. The van der Waals surface area contributed by atoms with Crippen LogP contribution in [-0.4, -0.2) is 21.5 Å². The van der Waals surface area contributed by atoms with Crippen LogP contribution in [0.25, 0.3) is 0 Å². The molecule has 1 aliphatic rings. The molecule has 3 rings (SSSR count). The van der Waals surface area contributed by atoms with Gasteiger partial charge in [0.1, 0.15) is 12.4 Å². The fourth-order valence-electron chi connectivity index (χ4n) is 2.14. The summed E-state index contributed by atoms with van der Waals surface area (Å²) in [5.41, 5.74) is 3.72. The first-order chi connectivity index (χ1) is 8.83. The van der Waals surface area contributed by atoms with Crippen molar-refractivity contribution in [2.45, 2.75) is 19.6 Å². The van der Waals surface area contributed by atoms with Gasteiger partial charge in [-0.1, -0.05) is 11.3 Å². The molecule has 2 heterocycles. The Morgan fingerprint density at radius 1 is 1.39 bits per heavy atom. The summed E-state index contributed by atoms with van der Waals surface area (Å²) in [5.74, 6) is 0.914. The van der Waals surface area contributed by atoms with E-state index < -0.39 is 0 Å². The summed E-state index contributed by atoms with van der Waals surface area (Å²) in [4.78, 5) is 0. The second-order valence-electron chi connectivity index (χ2n) is 4.49. The molecule has 5 heteroatoms. The van der Waals surface area contributed by atoms with E-state index in [4.69, 9.17) is 4.74 Å². The number of hydrogen-bond acceptors (Lipinski definition) is 4. The highest BCUT2D eigenvalue weighted by molar-refractivity contribution is 5.37. The Kier molecular flexibility index (Phi) is 2.98. The monoisotopic (exact) mass is 244 g/mol. The smallest absolute Gasteiger partial charge is 0.132 e. The summed E-state index contributed by atoms with van der Waals surface area (Å²) in [6.07, 6.45) is 2.79. The molecule has 94 valence electrons. The van der Waals surface area contributed by atoms with Gasteiger partial charge in [-0.3, -0.25) is 0 Å².